The lowest BCUT2D eigenvalue weighted by Crippen LogP contribution is -2.04. The van der Waals surface area contributed by atoms with E-state index in [1.54, 1.807) is 0 Å². The Morgan fingerprint density at radius 3 is 1.81 bits per heavy atom. The molecule has 0 spiro atoms. The van der Waals surface area contributed by atoms with Gasteiger partial charge >= 0.3 is 0 Å². The van der Waals surface area contributed by atoms with Crippen LogP contribution in [0.2, 0.25) is 0 Å². The largest absolute Gasteiger partial charge is 0.456 e. The van der Waals surface area contributed by atoms with Gasteiger partial charge < -0.3 is 4.42 Å². The molecule has 6 aromatic rings. The average Bonchev–Trinajstić information content (AvgIpc) is 3.23. The highest BCUT2D eigenvalue weighted by atomic mass is 16.3. The number of hydrogen-bond donors (Lipinski definition) is 0. The van der Waals surface area contributed by atoms with Crippen LogP contribution in [0.3, 0.4) is 0 Å². The van der Waals surface area contributed by atoms with E-state index in [0.29, 0.717) is 18.1 Å². The van der Waals surface area contributed by atoms with Crippen molar-refractivity contribution in [1.29, 1.82) is 0 Å². The van der Waals surface area contributed by atoms with Crippen LogP contribution in [0.1, 0.15) is 11.4 Å². The molecule has 0 saturated carbocycles. The Kier molecular flexibility index (Phi) is 4.47. The van der Waals surface area contributed by atoms with E-state index in [1.807, 2.05) is 84.9 Å². The predicted molar refractivity (Wildman–Crippen MR) is 127 cm³/mol. The van der Waals surface area contributed by atoms with Crippen LogP contribution in [0, 0.1) is 0 Å². The first kappa shape index (κ1) is 18.5. The zero-order chi connectivity index (χ0) is 21.3. The van der Waals surface area contributed by atoms with Crippen molar-refractivity contribution in [2.75, 3.05) is 0 Å². The molecule has 0 N–H and O–H groups in total. The van der Waals surface area contributed by atoms with E-state index in [1.165, 1.54) is 0 Å². The van der Waals surface area contributed by atoms with Gasteiger partial charge in [0.15, 0.2) is 11.6 Å². The molecule has 2 aromatic heterocycles. The van der Waals surface area contributed by atoms with Gasteiger partial charge in [-0.05, 0) is 23.8 Å². The molecule has 6 rings (SSSR count). The fraction of sp³-hybridized carbons (Fsp3) is 0.0357. The van der Waals surface area contributed by atoms with Crippen molar-refractivity contribution in [2.45, 2.75) is 6.42 Å². The predicted octanol–water partition coefficient (Wildman–Crippen LogP) is 6.70. The Morgan fingerprint density at radius 2 is 1.12 bits per heavy atom. The van der Waals surface area contributed by atoms with Crippen LogP contribution in [-0.4, -0.2) is 15.0 Å². The van der Waals surface area contributed by atoms with Crippen molar-refractivity contribution in [2.24, 2.45) is 0 Å². The van der Waals surface area contributed by atoms with Gasteiger partial charge in [-0.1, -0.05) is 84.9 Å². The minimum Gasteiger partial charge on any atom is -0.456 e. The molecule has 0 aliphatic carbocycles. The second kappa shape index (κ2) is 7.75. The van der Waals surface area contributed by atoms with E-state index in [0.717, 1.165) is 44.5 Å². The normalized spacial score (nSPS) is 11.2. The summed E-state index contributed by atoms with van der Waals surface area (Å²) in [4.78, 5) is 14.4. The zero-order valence-electron chi connectivity index (χ0n) is 17.3. The van der Waals surface area contributed by atoms with Crippen molar-refractivity contribution >= 4 is 21.9 Å². The first-order chi connectivity index (χ1) is 15.8. The summed E-state index contributed by atoms with van der Waals surface area (Å²) in [6.07, 6.45) is 0.609. The van der Waals surface area contributed by atoms with Gasteiger partial charge in [0.2, 0.25) is 0 Å². The molecule has 0 fully saturated rings. The van der Waals surface area contributed by atoms with Crippen molar-refractivity contribution in [3.63, 3.8) is 0 Å². The molecule has 0 unspecified atom stereocenters. The number of rotatable bonds is 4. The zero-order valence-corrected chi connectivity index (χ0v) is 17.3. The molecule has 0 aliphatic heterocycles. The number of hydrogen-bond acceptors (Lipinski definition) is 4. The van der Waals surface area contributed by atoms with Crippen molar-refractivity contribution in [3.8, 4) is 22.8 Å². The topological polar surface area (TPSA) is 51.8 Å². The first-order valence-corrected chi connectivity index (χ1v) is 10.6. The van der Waals surface area contributed by atoms with E-state index < -0.39 is 0 Å². The Hall–Kier alpha value is -4.31. The molecular weight excluding hydrogens is 394 g/mol. The third kappa shape index (κ3) is 3.42. The van der Waals surface area contributed by atoms with Crippen LogP contribution in [0.25, 0.3) is 44.7 Å². The molecule has 4 nitrogen and oxygen atoms in total. The summed E-state index contributed by atoms with van der Waals surface area (Å²) in [6.45, 7) is 0. The smallest absolute Gasteiger partial charge is 0.163 e. The number of nitrogens with zero attached hydrogens (tertiary/aromatic N) is 3. The Bertz CT molecular complexity index is 1480. The lowest BCUT2D eigenvalue weighted by molar-refractivity contribution is 0.669. The van der Waals surface area contributed by atoms with Gasteiger partial charge in [-0.3, -0.25) is 0 Å². The summed E-state index contributed by atoms with van der Waals surface area (Å²) in [6, 6.07) is 34.5. The molecule has 4 aromatic carbocycles. The Morgan fingerprint density at radius 1 is 0.531 bits per heavy atom. The molecule has 0 amide bonds. The monoisotopic (exact) mass is 413 g/mol. The highest BCUT2D eigenvalue weighted by Gasteiger charge is 2.12. The van der Waals surface area contributed by atoms with E-state index in [4.69, 9.17) is 19.4 Å². The number of furan rings is 1. The van der Waals surface area contributed by atoms with Crippen LogP contribution in [0.15, 0.2) is 108 Å². The minimum absolute atomic E-state index is 0.609. The van der Waals surface area contributed by atoms with Crippen LogP contribution < -0.4 is 0 Å². The second-order valence-electron chi connectivity index (χ2n) is 7.74. The van der Waals surface area contributed by atoms with Gasteiger partial charge in [-0.25, -0.2) is 15.0 Å². The lowest BCUT2D eigenvalue weighted by atomic mass is 10.1. The summed E-state index contributed by atoms with van der Waals surface area (Å²) in [5.41, 5.74) is 4.88. The average molecular weight is 413 g/mol. The fourth-order valence-electron chi connectivity index (χ4n) is 4.00. The standard InChI is InChI=1S/C28H19N3O/c1-3-9-20(10-4-1)27-29-26(30-28(31-27)21-11-5-2-6-12-21)18-19-15-16-25-23(17-19)22-13-7-8-14-24(22)32-25/h1-17H,18H2. The highest BCUT2D eigenvalue weighted by molar-refractivity contribution is 6.05. The number of fused-ring (bicyclic) bond motifs is 3. The molecule has 32 heavy (non-hydrogen) atoms. The number of benzene rings is 4. The maximum absolute atomic E-state index is 5.97. The van der Waals surface area contributed by atoms with Crippen molar-refractivity contribution in [3.05, 3.63) is 115 Å². The number of para-hydroxylation sites is 1. The summed E-state index contributed by atoms with van der Waals surface area (Å²) in [7, 11) is 0. The summed E-state index contributed by atoms with van der Waals surface area (Å²) in [5.74, 6) is 2.11. The summed E-state index contributed by atoms with van der Waals surface area (Å²) >= 11 is 0. The van der Waals surface area contributed by atoms with E-state index in [2.05, 4.69) is 18.2 Å². The van der Waals surface area contributed by atoms with Gasteiger partial charge in [-0.2, -0.15) is 0 Å². The van der Waals surface area contributed by atoms with Crippen LogP contribution in [-0.2, 0) is 6.42 Å². The molecule has 152 valence electrons. The molecule has 0 atom stereocenters. The van der Waals surface area contributed by atoms with Crippen LogP contribution >= 0.6 is 0 Å². The fourth-order valence-corrected chi connectivity index (χ4v) is 4.00. The lowest BCUT2D eigenvalue weighted by Gasteiger charge is -2.08. The highest BCUT2D eigenvalue weighted by Crippen LogP contribution is 2.30. The molecular formula is C28H19N3O. The van der Waals surface area contributed by atoms with Gasteiger partial charge in [0.05, 0.1) is 0 Å². The van der Waals surface area contributed by atoms with Gasteiger partial charge in [-0.15, -0.1) is 0 Å². The molecule has 0 aliphatic rings. The van der Waals surface area contributed by atoms with Gasteiger partial charge in [0.25, 0.3) is 0 Å². The molecule has 0 bridgehead atoms. The van der Waals surface area contributed by atoms with Gasteiger partial charge in [0.1, 0.15) is 17.0 Å². The van der Waals surface area contributed by atoms with E-state index >= 15 is 0 Å². The molecule has 4 heteroatoms. The van der Waals surface area contributed by atoms with Crippen LogP contribution in [0.5, 0.6) is 0 Å². The molecule has 0 radical (unpaired) electrons. The third-order valence-electron chi connectivity index (χ3n) is 5.55. The van der Waals surface area contributed by atoms with Gasteiger partial charge in [0, 0.05) is 28.3 Å². The number of aromatic nitrogens is 3. The van der Waals surface area contributed by atoms with Crippen LogP contribution in [0.4, 0.5) is 0 Å². The SMILES string of the molecule is c1ccc(-c2nc(Cc3ccc4oc5ccccc5c4c3)nc(-c3ccccc3)n2)cc1. The first-order valence-electron chi connectivity index (χ1n) is 10.6. The second-order valence-corrected chi connectivity index (χ2v) is 7.74. The maximum atomic E-state index is 5.97. The quantitative estimate of drug-likeness (QED) is 0.323. The minimum atomic E-state index is 0.609. The van der Waals surface area contributed by atoms with E-state index in [9.17, 15) is 0 Å². The summed E-state index contributed by atoms with van der Waals surface area (Å²) in [5, 5.41) is 2.23. The molecule has 2 heterocycles. The Labute approximate surface area is 185 Å². The van der Waals surface area contributed by atoms with Crippen molar-refractivity contribution in [1.82, 2.24) is 15.0 Å². The maximum Gasteiger partial charge on any atom is 0.163 e. The Balaban J connectivity index is 1.45. The molecule has 0 saturated heterocycles. The van der Waals surface area contributed by atoms with Crippen molar-refractivity contribution < 1.29 is 4.42 Å². The summed E-state index contributed by atoms with van der Waals surface area (Å²) < 4.78 is 5.97. The third-order valence-corrected chi connectivity index (χ3v) is 5.55. The van der Waals surface area contributed by atoms with E-state index in [-0.39, 0.29) is 0 Å².